The first-order chi connectivity index (χ1) is 7.81. The van der Waals surface area contributed by atoms with Gasteiger partial charge >= 0.3 is 0 Å². The highest BCUT2D eigenvalue weighted by Crippen LogP contribution is 2.33. The highest BCUT2D eigenvalue weighted by atomic mass is 32.2. The summed E-state index contributed by atoms with van der Waals surface area (Å²) in [5.74, 6) is 3.43. The van der Waals surface area contributed by atoms with Crippen molar-refractivity contribution in [3.63, 3.8) is 0 Å². The first kappa shape index (κ1) is 12.3. The topological polar surface area (TPSA) is 12.0 Å². The summed E-state index contributed by atoms with van der Waals surface area (Å²) in [5.41, 5.74) is 1.06. The van der Waals surface area contributed by atoms with Crippen LogP contribution in [0.4, 0.5) is 4.39 Å². The lowest BCUT2D eigenvalue weighted by molar-refractivity contribution is 0.578. The third-order valence-corrected chi connectivity index (χ3v) is 5.60. The van der Waals surface area contributed by atoms with Crippen LogP contribution in [0.2, 0.25) is 0 Å². The van der Waals surface area contributed by atoms with Crippen molar-refractivity contribution in [3.8, 4) is 0 Å². The smallest absolute Gasteiger partial charge is 0.123 e. The van der Waals surface area contributed by atoms with E-state index in [4.69, 9.17) is 0 Å². The number of hydrogen-bond donors (Lipinski definition) is 1. The number of benzene rings is 1. The van der Waals surface area contributed by atoms with Crippen molar-refractivity contribution in [3.05, 3.63) is 35.6 Å². The summed E-state index contributed by atoms with van der Waals surface area (Å²) in [4.78, 5) is 0. The lowest BCUT2D eigenvalue weighted by atomic mass is 10.0. The van der Waals surface area contributed by atoms with E-state index in [1.165, 1.54) is 17.6 Å². The zero-order valence-corrected chi connectivity index (χ0v) is 10.9. The van der Waals surface area contributed by atoms with Crippen LogP contribution in [-0.4, -0.2) is 29.6 Å². The SMILES string of the molecule is CNC(c1cccc(F)c1)C1CSCCS1. The van der Waals surface area contributed by atoms with E-state index in [2.05, 4.69) is 5.32 Å². The molecule has 0 bridgehead atoms. The Morgan fingerprint density at radius 3 is 2.94 bits per heavy atom. The second-order valence-corrected chi connectivity index (χ2v) is 6.30. The highest BCUT2D eigenvalue weighted by molar-refractivity contribution is 8.06. The molecular formula is C12H16FNS2. The van der Waals surface area contributed by atoms with E-state index in [0.717, 1.165) is 11.3 Å². The highest BCUT2D eigenvalue weighted by Gasteiger charge is 2.24. The molecule has 2 atom stereocenters. The first-order valence-corrected chi connectivity index (χ1v) is 7.63. The van der Waals surface area contributed by atoms with Crippen molar-refractivity contribution >= 4 is 23.5 Å². The number of nitrogens with one attached hydrogen (secondary N) is 1. The van der Waals surface area contributed by atoms with Crippen molar-refractivity contribution in [1.82, 2.24) is 5.32 Å². The largest absolute Gasteiger partial charge is 0.312 e. The standard InChI is InChI=1S/C12H16FNS2/c1-14-12(11-8-15-5-6-16-11)9-3-2-4-10(13)7-9/h2-4,7,11-12,14H,5-6,8H2,1H3. The number of thioether (sulfide) groups is 2. The van der Waals surface area contributed by atoms with Gasteiger partial charge in [-0.3, -0.25) is 0 Å². The normalized spacial score (nSPS) is 23.0. The Morgan fingerprint density at radius 2 is 2.31 bits per heavy atom. The number of halogens is 1. The Morgan fingerprint density at radius 1 is 1.44 bits per heavy atom. The molecule has 1 aliphatic rings. The van der Waals surface area contributed by atoms with Gasteiger partial charge in [0.05, 0.1) is 0 Å². The van der Waals surface area contributed by atoms with Crippen molar-refractivity contribution in [1.29, 1.82) is 0 Å². The lowest BCUT2D eigenvalue weighted by Crippen LogP contribution is -2.31. The van der Waals surface area contributed by atoms with Gasteiger partial charge in [-0.15, -0.1) is 0 Å². The fraction of sp³-hybridized carbons (Fsp3) is 0.500. The maximum absolute atomic E-state index is 13.2. The molecule has 1 saturated heterocycles. The molecule has 1 fully saturated rings. The van der Waals surface area contributed by atoms with Crippen LogP contribution in [0, 0.1) is 5.82 Å². The minimum Gasteiger partial charge on any atom is -0.312 e. The van der Waals surface area contributed by atoms with E-state index in [1.807, 2.05) is 36.6 Å². The van der Waals surface area contributed by atoms with Crippen LogP contribution in [0.5, 0.6) is 0 Å². The van der Waals surface area contributed by atoms with Crippen LogP contribution >= 0.6 is 23.5 Å². The lowest BCUT2D eigenvalue weighted by Gasteiger charge is -2.29. The van der Waals surface area contributed by atoms with Gasteiger partial charge in [-0.25, -0.2) is 4.39 Å². The summed E-state index contributed by atoms with van der Waals surface area (Å²) in [6.45, 7) is 0. The zero-order chi connectivity index (χ0) is 11.4. The predicted molar refractivity (Wildman–Crippen MR) is 71.8 cm³/mol. The van der Waals surface area contributed by atoms with E-state index in [-0.39, 0.29) is 11.9 Å². The van der Waals surface area contributed by atoms with Crippen LogP contribution in [0.15, 0.2) is 24.3 Å². The molecular weight excluding hydrogens is 241 g/mol. The van der Waals surface area contributed by atoms with Crippen molar-refractivity contribution in [2.45, 2.75) is 11.3 Å². The van der Waals surface area contributed by atoms with Gasteiger partial charge in [0.2, 0.25) is 0 Å². The van der Waals surface area contributed by atoms with Crippen LogP contribution in [0.1, 0.15) is 11.6 Å². The maximum atomic E-state index is 13.2. The van der Waals surface area contributed by atoms with E-state index in [9.17, 15) is 4.39 Å². The molecule has 1 aliphatic heterocycles. The van der Waals surface area contributed by atoms with Gasteiger partial charge in [-0.1, -0.05) is 12.1 Å². The molecule has 2 unspecified atom stereocenters. The Labute approximate surface area is 105 Å². The third-order valence-electron chi connectivity index (χ3n) is 2.73. The molecule has 0 aliphatic carbocycles. The molecule has 0 amide bonds. The Kier molecular flexibility index (Phi) is 4.55. The Bertz CT molecular complexity index is 340. The molecule has 0 saturated carbocycles. The van der Waals surface area contributed by atoms with Gasteiger partial charge in [0.1, 0.15) is 5.82 Å². The molecule has 0 aromatic heterocycles. The number of rotatable bonds is 3. The summed E-state index contributed by atoms with van der Waals surface area (Å²) in [5, 5.41) is 3.86. The van der Waals surface area contributed by atoms with Gasteiger partial charge in [0.25, 0.3) is 0 Å². The van der Waals surface area contributed by atoms with Gasteiger partial charge in [-0.2, -0.15) is 23.5 Å². The zero-order valence-electron chi connectivity index (χ0n) is 9.28. The molecule has 16 heavy (non-hydrogen) atoms. The average Bonchev–Trinajstić information content (AvgIpc) is 2.31. The molecule has 1 nitrogen and oxygen atoms in total. The fourth-order valence-corrected chi connectivity index (χ4v) is 4.88. The van der Waals surface area contributed by atoms with Gasteiger partial charge in [0, 0.05) is 28.6 Å². The Hall–Kier alpha value is -0.190. The fourth-order valence-electron chi connectivity index (χ4n) is 1.97. The second kappa shape index (κ2) is 5.94. The summed E-state index contributed by atoms with van der Waals surface area (Å²) in [7, 11) is 1.95. The molecule has 1 heterocycles. The van der Waals surface area contributed by atoms with Crippen molar-refractivity contribution < 1.29 is 4.39 Å². The van der Waals surface area contributed by atoms with E-state index in [0.29, 0.717) is 5.25 Å². The summed E-state index contributed by atoms with van der Waals surface area (Å²) in [6, 6.07) is 7.19. The van der Waals surface area contributed by atoms with E-state index < -0.39 is 0 Å². The van der Waals surface area contributed by atoms with Crippen LogP contribution < -0.4 is 5.32 Å². The molecule has 0 radical (unpaired) electrons. The molecule has 1 aromatic rings. The second-order valence-electron chi connectivity index (χ2n) is 3.81. The number of hydrogen-bond acceptors (Lipinski definition) is 3. The van der Waals surface area contributed by atoms with Crippen molar-refractivity contribution in [2.24, 2.45) is 0 Å². The molecule has 1 N–H and O–H groups in total. The quantitative estimate of drug-likeness (QED) is 0.894. The van der Waals surface area contributed by atoms with Crippen LogP contribution in [-0.2, 0) is 0 Å². The first-order valence-electron chi connectivity index (χ1n) is 5.43. The molecule has 88 valence electrons. The molecule has 2 rings (SSSR count). The molecule has 1 aromatic carbocycles. The van der Waals surface area contributed by atoms with E-state index in [1.54, 1.807) is 12.1 Å². The maximum Gasteiger partial charge on any atom is 0.123 e. The minimum absolute atomic E-state index is 0.147. The Balaban J connectivity index is 2.14. The minimum atomic E-state index is -0.147. The predicted octanol–water partition coefficient (Wildman–Crippen LogP) is 2.93. The molecule has 4 heteroatoms. The van der Waals surface area contributed by atoms with Crippen LogP contribution in [0.3, 0.4) is 0 Å². The third kappa shape index (κ3) is 2.93. The average molecular weight is 257 g/mol. The van der Waals surface area contributed by atoms with Gasteiger partial charge in [-0.05, 0) is 24.7 Å². The van der Waals surface area contributed by atoms with Gasteiger partial charge < -0.3 is 5.32 Å². The summed E-state index contributed by atoms with van der Waals surface area (Å²) >= 11 is 3.98. The molecule has 0 spiro atoms. The monoisotopic (exact) mass is 257 g/mol. The summed E-state index contributed by atoms with van der Waals surface area (Å²) < 4.78 is 13.2. The van der Waals surface area contributed by atoms with Gasteiger partial charge in [0.15, 0.2) is 0 Å². The summed E-state index contributed by atoms with van der Waals surface area (Å²) in [6.07, 6.45) is 0. The van der Waals surface area contributed by atoms with E-state index >= 15 is 0 Å². The van der Waals surface area contributed by atoms with Crippen LogP contribution in [0.25, 0.3) is 0 Å². The van der Waals surface area contributed by atoms with Crippen molar-refractivity contribution in [2.75, 3.05) is 24.3 Å².